The van der Waals surface area contributed by atoms with Gasteiger partial charge in [0.15, 0.2) is 0 Å². The minimum atomic E-state index is -0.941. The van der Waals surface area contributed by atoms with Gasteiger partial charge >= 0.3 is 0 Å². The van der Waals surface area contributed by atoms with E-state index in [0.29, 0.717) is 62.5 Å². The number of aliphatic hydroxyl groups excluding tert-OH is 1. The van der Waals surface area contributed by atoms with Crippen LogP contribution in [0, 0.1) is 5.92 Å². The number of hydrogen-bond acceptors (Lipinski definition) is 7. The summed E-state index contributed by atoms with van der Waals surface area (Å²) < 4.78 is 5.97. The van der Waals surface area contributed by atoms with Crippen molar-refractivity contribution >= 4 is 42.5 Å². The number of pyridine rings is 1. The van der Waals surface area contributed by atoms with Crippen molar-refractivity contribution in [3.05, 3.63) is 89.7 Å². The van der Waals surface area contributed by atoms with Crippen LogP contribution in [0.4, 0.5) is 0 Å². The summed E-state index contributed by atoms with van der Waals surface area (Å²) in [6.07, 6.45) is 9.31. The van der Waals surface area contributed by atoms with Crippen molar-refractivity contribution in [2.45, 2.75) is 75.6 Å². The Morgan fingerprint density at radius 2 is 1.63 bits per heavy atom. The van der Waals surface area contributed by atoms with E-state index in [4.69, 9.17) is 4.74 Å². The van der Waals surface area contributed by atoms with Gasteiger partial charge in [-0.05, 0) is 91.6 Å². The van der Waals surface area contributed by atoms with Crippen LogP contribution in [0.1, 0.15) is 66.4 Å². The first-order valence-corrected chi connectivity index (χ1v) is 16.9. The van der Waals surface area contributed by atoms with Gasteiger partial charge in [0, 0.05) is 51.2 Å². The SMILES string of the molecule is CNC(=O)c1ccc(Oc2ccc(CN3CCC4(CC3)C(=O)N[C@H]([C@H](O)C3CCCCC3)C(=O)N4CCc3cccnc3)cc2)cc1.Cl.Cl. The summed E-state index contributed by atoms with van der Waals surface area (Å²) in [5.41, 5.74) is 1.76. The van der Waals surface area contributed by atoms with Crippen molar-refractivity contribution in [2.24, 2.45) is 5.92 Å². The minimum Gasteiger partial charge on any atom is -0.457 e. The number of benzene rings is 2. The molecule has 49 heavy (non-hydrogen) atoms. The fraction of sp³-hybridized carbons (Fsp3) is 0.459. The van der Waals surface area contributed by atoms with E-state index in [9.17, 15) is 19.5 Å². The van der Waals surface area contributed by atoms with Gasteiger partial charge in [0.1, 0.15) is 23.1 Å². The second-order valence-corrected chi connectivity index (χ2v) is 13.1. The van der Waals surface area contributed by atoms with E-state index in [1.165, 1.54) is 0 Å². The maximum Gasteiger partial charge on any atom is 0.251 e. The zero-order valence-electron chi connectivity index (χ0n) is 27.9. The van der Waals surface area contributed by atoms with Gasteiger partial charge in [-0.3, -0.25) is 24.3 Å². The third kappa shape index (κ3) is 8.73. The number of halogens is 2. The summed E-state index contributed by atoms with van der Waals surface area (Å²) in [4.78, 5) is 48.2. The molecule has 1 saturated carbocycles. The molecule has 6 rings (SSSR count). The summed E-state index contributed by atoms with van der Waals surface area (Å²) in [7, 11) is 1.60. The molecule has 10 nitrogen and oxygen atoms in total. The van der Waals surface area contributed by atoms with Crippen LogP contribution in [0.25, 0.3) is 0 Å². The Balaban J connectivity index is 0.00000270. The molecule has 3 aromatic rings. The van der Waals surface area contributed by atoms with Gasteiger partial charge in [0.25, 0.3) is 5.91 Å². The first kappa shape index (κ1) is 38.1. The van der Waals surface area contributed by atoms with E-state index in [2.05, 4.69) is 20.5 Å². The number of piperidine rings is 1. The molecule has 3 aliphatic rings. The topological polar surface area (TPSA) is 124 Å². The van der Waals surface area contributed by atoms with Crippen molar-refractivity contribution in [3.63, 3.8) is 0 Å². The Morgan fingerprint density at radius 1 is 0.980 bits per heavy atom. The van der Waals surface area contributed by atoms with Crippen molar-refractivity contribution in [1.29, 1.82) is 0 Å². The number of amides is 3. The monoisotopic (exact) mass is 711 g/mol. The molecular weight excluding hydrogens is 665 g/mol. The standard InChI is InChI=1S/C37H45N5O5.2ClH/c1-38-34(44)29-11-15-31(16-12-29)47-30-13-9-27(10-14-30)25-41-22-18-37(19-23-41)36(46)40-32(33(43)28-7-3-2-4-8-28)35(45)42(37)21-17-26-6-5-20-39-24-26;;/h5-6,9-16,20,24,28,32-33,43H,2-4,7-8,17-19,21-23,25H2,1H3,(H,38,44)(H,40,46);2*1H/t32-,33-;;/m1../s1. The molecule has 264 valence electrons. The largest absolute Gasteiger partial charge is 0.457 e. The number of nitrogens with zero attached hydrogens (tertiary/aromatic N) is 3. The number of hydrogen-bond donors (Lipinski definition) is 3. The van der Waals surface area contributed by atoms with E-state index in [-0.39, 0.29) is 48.5 Å². The molecule has 1 aliphatic carbocycles. The van der Waals surface area contributed by atoms with Gasteiger partial charge in [-0.25, -0.2) is 0 Å². The molecule has 0 radical (unpaired) electrons. The average molecular weight is 713 g/mol. The highest BCUT2D eigenvalue weighted by Crippen LogP contribution is 2.36. The van der Waals surface area contributed by atoms with Crippen LogP contribution >= 0.6 is 24.8 Å². The van der Waals surface area contributed by atoms with Crippen molar-refractivity contribution in [1.82, 2.24) is 25.4 Å². The molecule has 2 aliphatic heterocycles. The Bertz CT molecular complexity index is 1530. The van der Waals surface area contributed by atoms with Gasteiger partial charge in [-0.2, -0.15) is 0 Å². The number of aromatic nitrogens is 1. The maximum absolute atomic E-state index is 14.1. The predicted octanol–water partition coefficient (Wildman–Crippen LogP) is 4.92. The van der Waals surface area contributed by atoms with Gasteiger partial charge in [0.2, 0.25) is 11.8 Å². The lowest BCUT2D eigenvalue weighted by atomic mass is 9.77. The first-order valence-electron chi connectivity index (χ1n) is 16.9. The molecule has 1 aromatic heterocycles. The van der Waals surface area contributed by atoms with Crippen LogP contribution in [0.2, 0.25) is 0 Å². The molecule has 0 bridgehead atoms. The smallest absolute Gasteiger partial charge is 0.251 e. The molecule has 3 N–H and O–H groups in total. The Labute approximate surface area is 300 Å². The fourth-order valence-electron chi connectivity index (χ4n) is 7.38. The molecule has 0 unspecified atom stereocenters. The zero-order chi connectivity index (χ0) is 32.8. The van der Waals surface area contributed by atoms with Crippen LogP contribution in [-0.2, 0) is 22.6 Å². The zero-order valence-corrected chi connectivity index (χ0v) is 29.5. The molecule has 1 spiro atoms. The highest BCUT2D eigenvalue weighted by molar-refractivity contribution is 6.00. The molecular formula is C37H47Cl2N5O5. The molecule has 12 heteroatoms. The summed E-state index contributed by atoms with van der Waals surface area (Å²) in [5.74, 6) is 0.918. The Hall–Kier alpha value is -3.70. The van der Waals surface area contributed by atoms with Crippen molar-refractivity contribution in [3.8, 4) is 11.5 Å². The summed E-state index contributed by atoms with van der Waals surface area (Å²) >= 11 is 0. The number of ether oxygens (including phenoxy) is 1. The predicted molar refractivity (Wildman–Crippen MR) is 192 cm³/mol. The van der Waals surface area contributed by atoms with Crippen molar-refractivity contribution < 1.29 is 24.2 Å². The lowest BCUT2D eigenvalue weighted by Crippen LogP contribution is -2.75. The van der Waals surface area contributed by atoms with Crippen LogP contribution < -0.4 is 15.4 Å². The quantitative estimate of drug-likeness (QED) is 0.273. The molecule has 2 saturated heterocycles. The number of aliphatic hydroxyl groups is 1. The number of rotatable bonds is 10. The highest BCUT2D eigenvalue weighted by atomic mass is 35.5. The van der Waals surface area contributed by atoms with Gasteiger partial charge in [-0.1, -0.05) is 37.5 Å². The summed E-state index contributed by atoms with van der Waals surface area (Å²) in [6.45, 7) is 2.44. The third-order valence-electron chi connectivity index (χ3n) is 10.2. The number of nitrogens with one attached hydrogen (secondary N) is 2. The second kappa shape index (κ2) is 17.3. The van der Waals surface area contributed by atoms with E-state index in [0.717, 1.165) is 43.2 Å². The van der Waals surface area contributed by atoms with Crippen LogP contribution in [0.5, 0.6) is 11.5 Å². The van der Waals surface area contributed by atoms with Crippen LogP contribution in [0.15, 0.2) is 73.1 Å². The van der Waals surface area contributed by atoms with E-state index < -0.39 is 17.7 Å². The molecule has 3 heterocycles. The van der Waals surface area contributed by atoms with Crippen molar-refractivity contribution in [2.75, 3.05) is 26.7 Å². The third-order valence-corrected chi connectivity index (χ3v) is 10.2. The Kier molecular flexibility index (Phi) is 13.5. The van der Waals surface area contributed by atoms with Crippen LogP contribution in [0.3, 0.4) is 0 Å². The summed E-state index contributed by atoms with van der Waals surface area (Å²) in [5, 5.41) is 16.9. The van der Waals surface area contributed by atoms with E-state index in [1.54, 1.807) is 48.6 Å². The van der Waals surface area contributed by atoms with Gasteiger partial charge in [0.05, 0.1) is 6.10 Å². The second-order valence-electron chi connectivity index (χ2n) is 13.1. The fourth-order valence-corrected chi connectivity index (χ4v) is 7.38. The highest BCUT2D eigenvalue weighted by Gasteiger charge is 2.55. The lowest BCUT2D eigenvalue weighted by Gasteiger charge is -2.52. The number of carbonyl (C=O) groups excluding carboxylic acids is 3. The summed E-state index contributed by atoms with van der Waals surface area (Å²) in [6, 6.07) is 17.9. The number of carbonyl (C=O) groups is 3. The minimum absolute atomic E-state index is 0. The van der Waals surface area contributed by atoms with E-state index in [1.807, 2.05) is 36.4 Å². The molecule has 2 atom stereocenters. The molecule has 3 fully saturated rings. The van der Waals surface area contributed by atoms with Crippen LogP contribution in [-0.4, -0.2) is 82.0 Å². The maximum atomic E-state index is 14.1. The normalized spacial score (nSPS) is 20.0. The molecule has 2 aromatic carbocycles. The number of piperazine rings is 1. The number of likely N-dealkylation sites (tertiary alicyclic amines) is 1. The molecule has 3 amide bonds. The average Bonchev–Trinajstić information content (AvgIpc) is 3.12. The van der Waals surface area contributed by atoms with Gasteiger partial charge < -0.3 is 25.4 Å². The Morgan fingerprint density at radius 3 is 2.24 bits per heavy atom. The first-order chi connectivity index (χ1) is 22.9. The lowest BCUT2D eigenvalue weighted by molar-refractivity contribution is -0.165. The van der Waals surface area contributed by atoms with E-state index >= 15 is 0 Å². The van der Waals surface area contributed by atoms with Gasteiger partial charge in [-0.15, -0.1) is 24.8 Å².